The first-order chi connectivity index (χ1) is 12.8. The molecule has 6 atom stereocenters. The predicted octanol–water partition coefficient (Wildman–Crippen LogP) is 5.18. The minimum Gasteiger partial charge on any atom is -0.445 e. The Morgan fingerprint density at radius 1 is 1.15 bits per heavy atom. The highest BCUT2D eigenvalue weighted by atomic mass is 79.9. The number of carbonyl (C=O) groups excluding carboxylic acids is 2. The Labute approximate surface area is 170 Å². The van der Waals surface area contributed by atoms with Gasteiger partial charge in [-0.05, 0) is 84.9 Å². The SMILES string of the molecule is CC(=O)OC1(C#CBr)CC[C@H]2[C@@H]3CCC4=CC(=O)CC[C@]4(C)[C@@H]3CC[C@@]21C. The van der Waals surface area contributed by atoms with E-state index in [2.05, 4.69) is 40.5 Å². The molecule has 4 aliphatic rings. The molecule has 0 aromatic heterocycles. The molecule has 0 saturated heterocycles. The van der Waals surface area contributed by atoms with Gasteiger partial charge in [-0.15, -0.1) is 0 Å². The Bertz CT molecular complexity index is 774. The van der Waals surface area contributed by atoms with Crippen LogP contribution < -0.4 is 0 Å². The van der Waals surface area contributed by atoms with Crippen LogP contribution in [0.2, 0.25) is 0 Å². The van der Waals surface area contributed by atoms with Gasteiger partial charge in [-0.2, -0.15) is 0 Å². The third kappa shape index (κ3) is 2.68. The van der Waals surface area contributed by atoms with Crippen molar-refractivity contribution < 1.29 is 14.3 Å². The van der Waals surface area contributed by atoms with E-state index in [4.69, 9.17) is 4.74 Å². The van der Waals surface area contributed by atoms with Crippen molar-refractivity contribution in [1.82, 2.24) is 0 Å². The summed E-state index contributed by atoms with van der Waals surface area (Å²) in [5, 5.41) is 0. The monoisotopic (exact) mass is 432 g/mol. The third-order valence-corrected chi connectivity index (χ3v) is 8.85. The number of halogens is 1. The second-order valence-electron chi connectivity index (χ2n) is 9.60. The minimum absolute atomic E-state index is 0.0946. The zero-order valence-electron chi connectivity index (χ0n) is 16.6. The number of ketones is 1. The van der Waals surface area contributed by atoms with Gasteiger partial charge < -0.3 is 4.74 Å². The first kappa shape index (κ1) is 19.2. The summed E-state index contributed by atoms with van der Waals surface area (Å²) in [7, 11) is 0. The smallest absolute Gasteiger partial charge is 0.304 e. The summed E-state index contributed by atoms with van der Waals surface area (Å²) in [5.74, 6) is 5.13. The maximum Gasteiger partial charge on any atom is 0.304 e. The zero-order chi connectivity index (χ0) is 19.4. The van der Waals surface area contributed by atoms with Crippen LogP contribution in [0, 0.1) is 39.3 Å². The molecule has 0 aromatic rings. The average Bonchev–Trinajstić information content (AvgIpc) is 2.88. The van der Waals surface area contributed by atoms with Crippen LogP contribution in [0.1, 0.15) is 72.1 Å². The van der Waals surface area contributed by atoms with Crippen molar-refractivity contribution in [3.63, 3.8) is 0 Å². The number of hydrogen-bond donors (Lipinski definition) is 0. The normalized spacial score (nSPS) is 45.6. The van der Waals surface area contributed by atoms with Gasteiger partial charge in [-0.25, -0.2) is 0 Å². The van der Waals surface area contributed by atoms with Crippen LogP contribution in [-0.4, -0.2) is 17.4 Å². The largest absolute Gasteiger partial charge is 0.445 e. The van der Waals surface area contributed by atoms with Gasteiger partial charge in [-0.1, -0.05) is 19.4 Å². The van der Waals surface area contributed by atoms with Crippen LogP contribution in [0.3, 0.4) is 0 Å². The van der Waals surface area contributed by atoms with Gasteiger partial charge in [0.05, 0.1) is 0 Å². The fourth-order valence-corrected chi connectivity index (χ4v) is 7.60. The van der Waals surface area contributed by atoms with E-state index < -0.39 is 5.60 Å². The van der Waals surface area contributed by atoms with Gasteiger partial charge in [0.25, 0.3) is 0 Å². The Balaban J connectivity index is 1.70. The second kappa shape index (κ2) is 6.48. The maximum atomic E-state index is 12.0. The predicted molar refractivity (Wildman–Crippen MR) is 108 cm³/mol. The summed E-state index contributed by atoms with van der Waals surface area (Å²) in [4.78, 5) is 26.8. The molecule has 3 nitrogen and oxygen atoms in total. The van der Waals surface area contributed by atoms with Crippen LogP contribution in [0.15, 0.2) is 11.6 Å². The highest BCUT2D eigenvalue weighted by Gasteiger charge is 2.65. The quantitative estimate of drug-likeness (QED) is 0.423. The van der Waals surface area contributed by atoms with Crippen molar-refractivity contribution in [2.45, 2.75) is 77.7 Å². The van der Waals surface area contributed by atoms with E-state index in [1.807, 2.05) is 6.08 Å². The number of carbonyl (C=O) groups is 2. The van der Waals surface area contributed by atoms with E-state index in [1.54, 1.807) is 0 Å². The molecular formula is C23H29BrO3. The molecule has 3 saturated carbocycles. The molecule has 27 heavy (non-hydrogen) atoms. The molecule has 0 heterocycles. The summed E-state index contributed by atoms with van der Waals surface area (Å²) in [6.07, 6.45) is 9.90. The van der Waals surface area contributed by atoms with Crippen LogP contribution in [0.4, 0.5) is 0 Å². The molecule has 1 unspecified atom stereocenters. The molecule has 0 bridgehead atoms. The van der Waals surface area contributed by atoms with Gasteiger partial charge >= 0.3 is 5.97 Å². The lowest BCUT2D eigenvalue weighted by molar-refractivity contribution is -0.169. The van der Waals surface area contributed by atoms with Gasteiger partial charge in [0, 0.05) is 34.7 Å². The Morgan fingerprint density at radius 3 is 2.59 bits per heavy atom. The topological polar surface area (TPSA) is 43.4 Å². The van der Waals surface area contributed by atoms with Crippen LogP contribution in [0.5, 0.6) is 0 Å². The van der Waals surface area contributed by atoms with E-state index in [-0.39, 0.29) is 16.8 Å². The van der Waals surface area contributed by atoms with E-state index in [9.17, 15) is 9.59 Å². The second-order valence-corrected chi connectivity index (χ2v) is 10.0. The van der Waals surface area contributed by atoms with Gasteiger partial charge in [0.2, 0.25) is 0 Å². The zero-order valence-corrected chi connectivity index (χ0v) is 18.2. The van der Waals surface area contributed by atoms with Crippen molar-refractivity contribution in [2.75, 3.05) is 0 Å². The highest BCUT2D eigenvalue weighted by Crippen LogP contribution is 2.68. The van der Waals surface area contributed by atoms with Gasteiger partial charge in [-0.3, -0.25) is 9.59 Å². The van der Waals surface area contributed by atoms with Gasteiger partial charge in [0.15, 0.2) is 11.4 Å². The molecule has 146 valence electrons. The molecule has 0 aliphatic heterocycles. The molecule has 0 spiro atoms. The lowest BCUT2D eigenvalue weighted by Gasteiger charge is -2.58. The lowest BCUT2D eigenvalue weighted by Crippen LogP contribution is -2.55. The van der Waals surface area contributed by atoms with Crippen molar-refractivity contribution in [1.29, 1.82) is 0 Å². The van der Waals surface area contributed by atoms with Crippen molar-refractivity contribution in [3.8, 4) is 10.8 Å². The van der Waals surface area contributed by atoms with Crippen LogP contribution in [0.25, 0.3) is 0 Å². The van der Waals surface area contributed by atoms with E-state index in [1.165, 1.54) is 12.5 Å². The lowest BCUT2D eigenvalue weighted by atomic mass is 9.46. The first-order valence-electron chi connectivity index (χ1n) is 10.3. The number of allylic oxidation sites excluding steroid dienone is 1. The van der Waals surface area contributed by atoms with E-state index >= 15 is 0 Å². The molecule has 0 amide bonds. The fraction of sp³-hybridized carbons (Fsp3) is 0.739. The molecule has 0 N–H and O–H groups in total. The molecule has 4 heteroatoms. The average molecular weight is 433 g/mol. The molecule has 0 aromatic carbocycles. The Morgan fingerprint density at radius 2 is 1.89 bits per heavy atom. The standard InChI is InChI=1S/C23H29BrO3/c1-15(25)27-23(12-13-24)11-8-20-18-5-4-16-14-17(26)6-9-21(16,2)19(18)7-10-22(20,23)3/h14,18-20H,4-11H2,1-3H3/t18-,19-,20+,21+,22+,23?/m1/s1. The van der Waals surface area contributed by atoms with Crippen molar-refractivity contribution in [2.24, 2.45) is 28.6 Å². The van der Waals surface area contributed by atoms with Crippen LogP contribution in [-0.2, 0) is 14.3 Å². The highest BCUT2D eigenvalue weighted by molar-refractivity contribution is 9.12. The fourth-order valence-electron chi connectivity index (χ4n) is 7.28. The molecule has 3 fully saturated rings. The maximum absolute atomic E-state index is 12.0. The number of rotatable bonds is 1. The summed E-state index contributed by atoms with van der Waals surface area (Å²) < 4.78 is 5.94. The van der Waals surface area contributed by atoms with Gasteiger partial charge in [0.1, 0.15) is 0 Å². The summed E-state index contributed by atoms with van der Waals surface area (Å²) in [6.45, 7) is 6.20. The summed E-state index contributed by atoms with van der Waals surface area (Å²) in [5.41, 5.74) is 0.805. The summed E-state index contributed by atoms with van der Waals surface area (Å²) in [6, 6.07) is 0. The van der Waals surface area contributed by atoms with Crippen molar-refractivity contribution >= 4 is 27.7 Å². The molecular weight excluding hydrogens is 404 g/mol. The molecule has 4 aliphatic carbocycles. The minimum atomic E-state index is -0.669. The first-order valence-corrected chi connectivity index (χ1v) is 11.1. The van der Waals surface area contributed by atoms with E-state index in [0.29, 0.717) is 30.0 Å². The Hall–Kier alpha value is -1.08. The molecule has 0 radical (unpaired) electrons. The molecule has 4 rings (SSSR count). The number of ether oxygens (including phenoxy) is 1. The van der Waals surface area contributed by atoms with Crippen molar-refractivity contribution in [3.05, 3.63) is 11.6 Å². The van der Waals surface area contributed by atoms with Crippen LogP contribution >= 0.6 is 15.9 Å². The third-order valence-electron chi connectivity index (χ3n) is 8.65. The van der Waals surface area contributed by atoms with E-state index in [0.717, 1.165) is 44.9 Å². The number of hydrogen-bond acceptors (Lipinski definition) is 3. The number of fused-ring (bicyclic) bond motifs is 5. The summed E-state index contributed by atoms with van der Waals surface area (Å²) >= 11 is 3.26. The Kier molecular flexibility index (Phi) is 4.62. The number of esters is 1.